The van der Waals surface area contributed by atoms with E-state index in [1.807, 2.05) is 18.2 Å². The molecular weight excluding hydrogens is 351 g/mol. The Hall–Kier alpha value is -3.68. The number of carbonyl (C=O) groups is 2. The van der Waals surface area contributed by atoms with E-state index in [-0.39, 0.29) is 11.3 Å². The number of hydrogen-bond acceptors (Lipinski definition) is 6. The van der Waals surface area contributed by atoms with Crippen LogP contribution >= 0.6 is 0 Å². The molecule has 1 heterocycles. The lowest BCUT2D eigenvalue weighted by molar-refractivity contribution is -0.136. The summed E-state index contributed by atoms with van der Waals surface area (Å²) in [6.07, 6.45) is 1.55. The van der Waals surface area contributed by atoms with Gasteiger partial charge in [0.05, 0.1) is 0 Å². The van der Waals surface area contributed by atoms with Crippen molar-refractivity contribution in [3.05, 3.63) is 77.4 Å². The van der Waals surface area contributed by atoms with E-state index in [0.717, 1.165) is 11.6 Å². The van der Waals surface area contributed by atoms with Crippen LogP contribution in [0.1, 0.15) is 21.7 Å². The van der Waals surface area contributed by atoms with Crippen molar-refractivity contribution in [2.45, 2.75) is 6.92 Å². The largest absolute Gasteiger partial charge is 0.453 e. The van der Waals surface area contributed by atoms with E-state index in [1.165, 1.54) is 22.9 Å². The van der Waals surface area contributed by atoms with Crippen LogP contribution in [0.15, 0.2) is 54.6 Å². The molecule has 0 radical (unpaired) electrons. The highest BCUT2D eigenvalue weighted by Gasteiger charge is 2.19. The highest BCUT2D eigenvalue weighted by molar-refractivity contribution is 6.16. The minimum Gasteiger partial charge on any atom is -0.453 e. The number of carbonyl (C=O) groups excluding carboxylic acids is 2. The molecule has 0 spiro atoms. The zero-order valence-corrected chi connectivity index (χ0v) is 14.4. The van der Waals surface area contributed by atoms with Gasteiger partial charge in [-0.05, 0) is 41.1 Å². The van der Waals surface area contributed by atoms with Crippen molar-refractivity contribution in [1.29, 1.82) is 0 Å². The van der Waals surface area contributed by atoms with E-state index in [0.29, 0.717) is 5.82 Å². The molecule has 0 N–H and O–H groups in total. The van der Waals surface area contributed by atoms with Gasteiger partial charge in [-0.3, -0.25) is 4.79 Å². The number of esters is 1. The normalized spacial score (nSPS) is 11.3. The molecule has 0 fully saturated rings. The van der Waals surface area contributed by atoms with Crippen LogP contribution in [0.25, 0.3) is 11.8 Å². The number of Topliss-reactive ketones (excluding diaryl/α,β-unsaturated/α-hetero) is 1. The molecule has 3 rings (SSSR count). The van der Waals surface area contributed by atoms with E-state index in [1.54, 1.807) is 25.1 Å². The topological polar surface area (TPSA) is 87.0 Å². The summed E-state index contributed by atoms with van der Waals surface area (Å²) in [4.78, 5) is 24.7. The summed E-state index contributed by atoms with van der Waals surface area (Å²) in [5, 5.41) is 11.1. The van der Waals surface area contributed by atoms with Gasteiger partial charge in [-0.2, -0.15) is 4.68 Å². The average molecular weight is 366 g/mol. The first kappa shape index (κ1) is 18.1. The Morgan fingerprint density at radius 3 is 2.59 bits per heavy atom. The van der Waals surface area contributed by atoms with Crippen molar-refractivity contribution < 1.29 is 18.7 Å². The van der Waals surface area contributed by atoms with Gasteiger partial charge in [0.15, 0.2) is 23.9 Å². The number of ether oxygens (including phenoxy) is 1. The Labute approximate surface area is 154 Å². The molecule has 8 heteroatoms. The molecule has 0 saturated carbocycles. The number of aromatic nitrogens is 4. The number of aryl methyl sites for hydroxylation is 1. The van der Waals surface area contributed by atoms with Gasteiger partial charge in [0.1, 0.15) is 5.82 Å². The van der Waals surface area contributed by atoms with Crippen LogP contribution in [0.3, 0.4) is 0 Å². The first-order chi connectivity index (χ1) is 13.0. The summed E-state index contributed by atoms with van der Waals surface area (Å²) in [7, 11) is 0. The standard InChI is InChI=1S/C19H15FN4O3/c1-13-21-22-23-24(13)17(10-14-6-3-2-4-7-14)19(26)27-12-18(25)15-8-5-9-16(20)11-15/h2-11H,12H2,1H3/b17-10-. The second-order valence-corrected chi connectivity index (χ2v) is 5.59. The Morgan fingerprint density at radius 1 is 1.15 bits per heavy atom. The molecule has 0 unspecified atom stereocenters. The third-order valence-corrected chi connectivity index (χ3v) is 3.65. The van der Waals surface area contributed by atoms with E-state index in [2.05, 4.69) is 15.5 Å². The van der Waals surface area contributed by atoms with Gasteiger partial charge >= 0.3 is 5.97 Å². The quantitative estimate of drug-likeness (QED) is 0.379. The molecular formula is C19H15FN4O3. The van der Waals surface area contributed by atoms with Crippen LogP contribution in [0.5, 0.6) is 0 Å². The number of benzene rings is 2. The lowest BCUT2D eigenvalue weighted by atomic mass is 10.1. The minimum absolute atomic E-state index is 0.0516. The molecule has 7 nitrogen and oxygen atoms in total. The minimum atomic E-state index is -0.779. The fourth-order valence-electron chi connectivity index (χ4n) is 2.32. The summed E-state index contributed by atoms with van der Waals surface area (Å²) in [5.41, 5.74) is 0.904. The van der Waals surface area contributed by atoms with Gasteiger partial charge in [0.2, 0.25) is 0 Å². The summed E-state index contributed by atoms with van der Waals surface area (Å²) < 4.78 is 19.6. The van der Waals surface area contributed by atoms with Crippen LogP contribution in [0.4, 0.5) is 4.39 Å². The maximum Gasteiger partial charge on any atom is 0.357 e. The monoisotopic (exact) mass is 366 g/mol. The van der Waals surface area contributed by atoms with Gasteiger partial charge in [-0.1, -0.05) is 42.5 Å². The van der Waals surface area contributed by atoms with Gasteiger partial charge in [-0.15, -0.1) is 5.10 Å². The zero-order chi connectivity index (χ0) is 19.2. The molecule has 136 valence electrons. The zero-order valence-electron chi connectivity index (χ0n) is 14.4. The Bertz CT molecular complexity index is 999. The van der Waals surface area contributed by atoms with E-state index in [9.17, 15) is 14.0 Å². The SMILES string of the molecule is Cc1nnnn1/C(=C\c1ccccc1)C(=O)OCC(=O)c1cccc(F)c1. The molecule has 0 bridgehead atoms. The van der Waals surface area contributed by atoms with Gasteiger partial charge in [-0.25, -0.2) is 9.18 Å². The number of hydrogen-bond donors (Lipinski definition) is 0. The van der Waals surface area contributed by atoms with Gasteiger partial charge in [0, 0.05) is 5.56 Å². The smallest absolute Gasteiger partial charge is 0.357 e. The van der Waals surface area contributed by atoms with E-state index < -0.39 is 24.2 Å². The molecule has 2 aromatic carbocycles. The second-order valence-electron chi connectivity index (χ2n) is 5.59. The number of rotatable bonds is 6. The Balaban J connectivity index is 1.81. The molecule has 27 heavy (non-hydrogen) atoms. The fourth-order valence-corrected chi connectivity index (χ4v) is 2.32. The summed E-state index contributed by atoms with van der Waals surface area (Å²) in [6.45, 7) is 1.10. The maximum absolute atomic E-state index is 13.2. The summed E-state index contributed by atoms with van der Waals surface area (Å²) in [5.74, 6) is -1.46. The van der Waals surface area contributed by atoms with Crippen LogP contribution < -0.4 is 0 Å². The molecule has 1 aromatic heterocycles. The lowest BCUT2D eigenvalue weighted by Gasteiger charge is -2.09. The predicted octanol–water partition coefficient (Wildman–Crippen LogP) is 2.54. The van der Waals surface area contributed by atoms with Gasteiger partial charge < -0.3 is 4.74 Å². The molecule has 0 saturated heterocycles. The van der Waals surface area contributed by atoms with Crippen molar-refractivity contribution in [2.75, 3.05) is 6.61 Å². The average Bonchev–Trinajstić information content (AvgIpc) is 3.10. The summed E-state index contributed by atoms with van der Waals surface area (Å²) in [6, 6.07) is 14.2. The lowest BCUT2D eigenvalue weighted by Crippen LogP contribution is -2.19. The third-order valence-electron chi connectivity index (χ3n) is 3.65. The van der Waals surface area contributed by atoms with Gasteiger partial charge in [0.25, 0.3) is 0 Å². The van der Waals surface area contributed by atoms with Crippen molar-refractivity contribution >= 4 is 23.5 Å². The third kappa shape index (κ3) is 4.49. The van der Waals surface area contributed by atoms with Crippen LogP contribution in [-0.2, 0) is 9.53 Å². The second kappa shape index (κ2) is 8.13. The number of halogens is 1. The van der Waals surface area contributed by atoms with Crippen LogP contribution in [0, 0.1) is 12.7 Å². The Kier molecular flexibility index (Phi) is 5.46. The Morgan fingerprint density at radius 2 is 1.93 bits per heavy atom. The molecule has 0 atom stereocenters. The first-order valence-corrected chi connectivity index (χ1v) is 8.02. The van der Waals surface area contributed by atoms with E-state index in [4.69, 9.17) is 4.74 Å². The predicted molar refractivity (Wildman–Crippen MR) is 94.9 cm³/mol. The van der Waals surface area contributed by atoms with Crippen molar-refractivity contribution in [2.24, 2.45) is 0 Å². The van der Waals surface area contributed by atoms with Crippen LogP contribution in [0.2, 0.25) is 0 Å². The maximum atomic E-state index is 13.2. The van der Waals surface area contributed by atoms with E-state index >= 15 is 0 Å². The van der Waals surface area contributed by atoms with Crippen molar-refractivity contribution in [3.63, 3.8) is 0 Å². The molecule has 0 aliphatic rings. The number of ketones is 1. The van der Waals surface area contributed by atoms with Crippen molar-refractivity contribution in [1.82, 2.24) is 20.2 Å². The van der Waals surface area contributed by atoms with Crippen LogP contribution in [-0.4, -0.2) is 38.6 Å². The highest BCUT2D eigenvalue weighted by Crippen LogP contribution is 2.14. The molecule has 3 aromatic rings. The summed E-state index contributed by atoms with van der Waals surface area (Å²) >= 11 is 0. The number of nitrogens with zero attached hydrogens (tertiary/aromatic N) is 4. The molecule has 0 aliphatic heterocycles. The first-order valence-electron chi connectivity index (χ1n) is 8.02. The molecule has 0 aliphatic carbocycles. The highest BCUT2D eigenvalue weighted by atomic mass is 19.1. The molecule has 0 amide bonds. The number of tetrazole rings is 1. The fraction of sp³-hybridized carbons (Fsp3) is 0.105. The van der Waals surface area contributed by atoms with Crippen molar-refractivity contribution in [3.8, 4) is 0 Å².